The molecule has 2 rings (SSSR count). The second kappa shape index (κ2) is 10.8. The Morgan fingerprint density at radius 1 is 1.34 bits per heavy atom. The summed E-state index contributed by atoms with van der Waals surface area (Å²) in [6.45, 7) is 8.53. The van der Waals surface area contributed by atoms with Gasteiger partial charge in [-0.05, 0) is 27.2 Å². The van der Waals surface area contributed by atoms with Gasteiger partial charge in [-0.2, -0.15) is 0 Å². The molecule has 0 aromatic carbocycles. The molecule has 2 atom stereocenters. The Kier molecular flexibility index (Phi) is 8.73. The van der Waals surface area contributed by atoms with Crippen molar-refractivity contribution in [2.75, 3.05) is 26.1 Å². The number of nitrogens with one attached hydrogen (secondary N) is 1. The van der Waals surface area contributed by atoms with Crippen LogP contribution in [0.2, 0.25) is 0 Å². The maximum Gasteiger partial charge on any atom is 0.339 e. The molecule has 0 saturated heterocycles. The second-order valence-corrected chi connectivity index (χ2v) is 7.65. The van der Waals surface area contributed by atoms with E-state index < -0.39 is 23.5 Å². The summed E-state index contributed by atoms with van der Waals surface area (Å²) in [6, 6.07) is 1.89. The number of methoxy groups -OCH3 is 1. The van der Waals surface area contributed by atoms with Crippen molar-refractivity contribution >= 4 is 22.7 Å². The lowest BCUT2D eigenvalue weighted by Gasteiger charge is -2.28. The third kappa shape index (κ3) is 6.07. The quantitative estimate of drug-likeness (QED) is 0.543. The van der Waals surface area contributed by atoms with Crippen LogP contribution in [0, 0.1) is 0 Å². The molecule has 2 heterocycles. The zero-order valence-corrected chi connectivity index (χ0v) is 18.5. The first-order chi connectivity index (χ1) is 13.9. The van der Waals surface area contributed by atoms with E-state index in [2.05, 4.69) is 10.3 Å². The Balaban J connectivity index is 2.17. The molecule has 0 aliphatic carbocycles. The van der Waals surface area contributed by atoms with Crippen LogP contribution in [-0.2, 0) is 14.3 Å². The number of ether oxygens (including phenoxy) is 3. The van der Waals surface area contributed by atoms with Crippen molar-refractivity contribution < 1.29 is 23.4 Å². The van der Waals surface area contributed by atoms with E-state index in [1.807, 2.05) is 27.7 Å². The van der Waals surface area contributed by atoms with Crippen molar-refractivity contribution in [2.24, 2.45) is 4.99 Å². The van der Waals surface area contributed by atoms with Crippen LogP contribution >= 0.6 is 11.8 Å². The molecule has 1 aliphatic heterocycles. The van der Waals surface area contributed by atoms with Gasteiger partial charge in [-0.1, -0.05) is 13.3 Å². The van der Waals surface area contributed by atoms with Gasteiger partial charge in [0.1, 0.15) is 22.6 Å². The lowest BCUT2D eigenvalue weighted by atomic mass is 10.1. The van der Waals surface area contributed by atoms with Gasteiger partial charge in [0.15, 0.2) is 0 Å². The molecule has 0 fully saturated rings. The molecule has 0 radical (unpaired) electrons. The minimum atomic E-state index is -0.953. The zero-order chi connectivity index (χ0) is 21.4. The predicted octanol–water partition coefficient (Wildman–Crippen LogP) is 2.91. The van der Waals surface area contributed by atoms with Crippen LogP contribution in [0.15, 0.2) is 26.3 Å². The Bertz CT molecular complexity index is 772. The lowest BCUT2D eigenvalue weighted by Crippen LogP contribution is -2.40. The standard InChI is InChI=1S/C20H30N2O6S/c1-6-9-14(16-10-13(25-5)11-17(23)28-16)21-18(24)15-12-29-19(22-15)20(4,26-7-2)27-8-3/h10-11,14-15H,6-9,12H2,1-5H3,(H,21,24). The molecule has 1 aromatic rings. The number of thioether (sulfide) groups is 1. The Morgan fingerprint density at radius 2 is 2.03 bits per heavy atom. The van der Waals surface area contributed by atoms with Crippen molar-refractivity contribution in [1.82, 2.24) is 5.32 Å². The highest BCUT2D eigenvalue weighted by atomic mass is 32.2. The molecule has 29 heavy (non-hydrogen) atoms. The third-order valence-corrected chi connectivity index (χ3v) is 5.65. The van der Waals surface area contributed by atoms with Gasteiger partial charge in [-0.3, -0.25) is 9.79 Å². The zero-order valence-electron chi connectivity index (χ0n) is 17.6. The number of amides is 1. The highest BCUT2D eigenvalue weighted by molar-refractivity contribution is 8.14. The largest absolute Gasteiger partial charge is 0.496 e. The smallest absolute Gasteiger partial charge is 0.339 e. The summed E-state index contributed by atoms with van der Waals surface area (Å²) in [6.07, 6.45) is 1.42. The number of carbonyl (C=O) groups excluding carboxylic acids is 1. The summed E-state index contributed by atoms with van der Waals surface area (Å²) in [7, 11) is 1.48. The molecule has 1 aromatic heterocycles. The maximum absolute atomic E-state index is 12.9. The fourth-order valence-electron chi connectivity index (χ4n) is 3.08. The van der Waals surface area contributed by atoms with Crippen LogP contribution in [0.5, 0.6) is 5.75 Å². The second-order valence-electron chi connectivity index (χ2n) is 6.64. The average Bonchev–Trinajstić information content (AvgIpc) is 3.18. The van der Waals surface area contributed by atoms with Gasteiger partial charge in [0, 0.05) is 25.0 Å². The van der Waals surface area contributed by atoms with Crippen LogP contribution in [0.3, 0.4) is 0 Å². The first-order valence-corrected chi connectivity index (χ1v) is 10.8. The fourth-order valence-corrected chi connectivity index (χ4v) is 4.20. The van der Waals surface area contributed by atoms with E-state index >= 15 is 0 Å². The predicted molar refractivity (Wildman–Crippen MR) is 113 cm³/mol. The number of aliphatic imine (C=N–C) groups is 1. The van der Waals surface area contributed by atoms with Crippen LogP contribution in [0.1, 0.15) is 52.3 Å². The number of hydrogen-bond acceptors (Lipinski definition) is 8. The SMILES string of the molecule is CCCC(NC(=O)C1CSC(C(C)(OCC)OCC)=N1)c1cc(OC)cc(=O)o1. The molecule has 0 spiro atoms. The average molecular weight is 427 g/mol. The van der Waals surface area contributed by atoms with E-state index in [-0.39, 0.29) is 5.91 Å². The van der Waals surface area contributed by atoms with Crippen LogP contribution < -0.4 is 15.7 Å². The van der Waals surface area contributed by atoms with E-state index in [0.717, 1.165) is 6.42 Å². The van der Waals surface area contributed by atoms with Gasteiger partial charge in [-0.15, -0.1) is 11.8 Å². The van der Waals surface area contributed by atoms with Gasteiger partial charge < -0.3 is 23.9 Å². The van der Waals surface area contributed by atoms with Crippen molar-refractivity contribution in [1.29, 1.82) is 0 Å². The van der Waals surface area contributed by atoms with Gasteiger partial charge in [0.25, 0.3) is 0 Å². The summed E-state index contributed by atoms with van der Waals surface area (Å²) in [5, 5.41) is 3.62. The number of carbonyl (C=O) groups is 1. The van der Waals surface area contributed by atoms with Gasteiger partial charge in [0.2, 0.25) is 11.7 Å². The molecule has 1 N–H and O–H groups in total. The molecule has 0 saturated carbocycles. The van der Waals surface area contributed by atoms with Crippen molar-refractivity contribution in [3.63, 3.8) is 0 Å². The van der Waals surface area contributed by atoms with Gasteiger partial charge >= 0.3 is 5.63 Å². The Hall–Kier alpha value is -1.84. The van der Waals surface area contributed by atoms with Gasteiger partial charge in [-0.25, -0.2) is 4.79 Å². The van der Waals surface area contributed by atoms with Crippen LogP contribution in [0.25, 0.3) is 0 Å². The Morgan fingerprint density at radius 3 is 2.62 bits per heavy atom. The normalized spacial score (nSPS) is 17.7. The van der Waals surface area contributed by atoms with Crippen molar-refractivity contribution in [3.8, 4) is 5.75 Å². The molecule has 162 valence electrons. The van der Waals surface area contributed by atoms with Crippen molar-refractivity contribution in [2.45, 2.75) is 58.4 Å². The molecular weight excluding hydrogens is 396 g/mol. The highest BCUT2D eigenvalue weighted by Crippen LogP contribution is 2.30. The maximum atomic E-state index is 12.9. The van der Waals surface area contributed by atoms with E-state index in [4.69, 9.17) is 18.6 Å². The first-order valence-electron chi connectivity index (χ1n) is 9.85. The molecule has 0 bridgehead atoms. The number of rotatable bonds is 11. The number of hydrogen-bond donors (Lipinski definition) is 1. The van der Waals surface area contributed by atoms with Crippen molar-refractivity contribution in [3.05, 3.63) is 28.3 Å². The summed E-state index contributed by atoms with van der Waals surface area (Å²) >= 11 is 1.46. The van der Waals surface area contributed by atoms with Crippen LogP contribution in [-0.4, -0.2) is 48.9 Å². The van der Waals surface area contributed by atoms with E-state index in [0.29, 0.717) is 41.9 Å². The molecular formula is C20H30N2O6S. The molecule has 1 aliphatic rings. The minimum absolute atomic E-state index is 0.230. The third-order valence-electron chi connectivity index (χ3n) is 4.42. The van der Waals surface area contributed by atoms with E-state index in [1.165, 1.54) is 24.9 Å². The fraction of sp³-hybridized carbons (Fsp3) is 0.650. The summed E-state index contributed by atoms with van der Waals surface area (Å²) in [5.41, 5.74) is -0.518. The Labute approximate surface area is 175 Å². The minimum Gasteiger partial charge on any atom is -0.496 e. The van der Waals surface area contributed by atoms with E-state index in [1.54, 1.807) is 6.07 Å². The molecule has 2 unspecified atom stereocenters. The summed E-state index contributed by atoms with van der Waals surface area (Å²) in [5.74, 6) is 0.0795. The summed E-state index contributed by atoms with van der Waals surface area (Å²) < 4.78 is 21.9. The lowest BCUT2D eigenvalue weighted by molar-refractivity contribution is -0.168. The van der Waals surface area contributed by atoms with Crippen LogP contribution in [0.4, 0.5) is 0 Å². The van der Waals surface area contributed by atoms with E-state index in [9.17, 15) is 9.59 Å². The highest BCUT2D eigenvalue weighted by Gasteiger charge is 2.39. The number of nitrogens with zero attached hydrogens (tertiary/aromatic N) is 1. The molecule has 1 amide bonds. The summed E-state index contributed by atoms with van der Waals surface area (Å²) in [4.78, 5) is 29.2. The first kappa shape index (κ1) is 23.4. The molecule has 8 nitrogen and oxygen atoms in total. The van der Waals surface area contributed by atoms with Gasteiger partial charge in [0.05, 0.1) is 19.2 Å². The topological polar surface area (TPSA) is 99.4 Å². The molecule has 9 heteroatoms. The monoisotopic (exact) mass is 426 g/mol.